The summed E-state index contributed by atoms with van der Waals surface area (Å²) in [4.78, 5) is 56.3. The van der Waals surface area contributed by atoms with Crippen LogP contribution in [0.15, 0.2) is 48.3 Å². The molecule has 4 amide bonds. The minimum Gasteiger partial charge on any atom is -0.458 e. The summed E-state index contributed by atoms with van der Waals surface area (Å²) in [6.45, 7) is 3.21. The molecule has 0 bridgehead atoms. The number of amides is 4. The first-order chi connectivity index (χ1) is 21.3. The van der Waals surface area contributed by atoms with Crippen LogP contribution in [0.5, 0.6) is 5.75 Å². The maximum Gasteiger partial charge on any atom is 0.253 e. The van der Waals surface area contributed by atoms with Gasteiger partial charge in [-0.15, -0.1) is 0 Å². The lowest BCUT2D eigenvalue weighted by molar-refractivity contribution is -0.165. The van der Waals surface area contributed by atoms with Crippen LogP contribution in [0.3, 0.4) is 0 Å². The highest BCUT2D eigenvalue weighted by molar-refractivity contribution is 6.01. The Morgan fingerprint density at radius 1 is 1.11 bits per heavy atom. The van der Waals surface area contributed by atoms with Crippen LogP contribution in [0.25, 0.3) is 0 Å². The van der Waals surface area contributed by atoms with Gasteiger partial charge >= 0.3 is 0 Å². The van der Waals surface area contributed by atoms with Gasteiger partial charge in [0.2, 0.25) is 17.7 Å². The molecule has 1 unspecified atom stereocenters. The molecule has 10 heteroatoms. The first-order valence-electron chi connectivity index (χ1n) is 16.2. The lowest BCUT2D eigenvalue weighted by atomic mass is 9.78. The van der Waals surface area contributed by atoms with Crippen LogP contribution >= 0.6 is 0 Å². The van der Waals surface area contributed by atoms with Crippen LogP contribution in [0.1, 0.15) is 81.5 Å². The Labute approximate surface area is 259 Å². The molecule has 44 heavy (non-hydrogen) atoms. The number of nitrogens with one attached hydrogen (secondary N) is 2. The first-order valence-corrected chi connectivity index (χ1v) is 16.2. The molecule has 5 rings (SSSR count). The van der Waals surface area contributed by atoms with E-state index in [0.29, 0.717) is 56.0 Å². The lowest BCUT2D eigenvalue weighted by Gasteiger charge is -2.52. The standard InChI is InChI=1S/C34H46N4O6/c1-3-4-20-38-32(42)28(29(39)23-8-6-5-7-9-23)36-33(43)34(38)18-21-37(22-19-34)31(41)25-12-16-27(17-13-25)44-26-14-10-24(11-15-26)30(40)35-2/h10,12-17,23-24,28-29,39H,3-9,11,18-22H2,1-2H3,(H,35,40)(H,36,43)/t24?,28-,29-/m1/s1. The molecule has 3 N–H and O–H groups in total. The van der Waals surface area contributed by atoms with Crippen molar-refractivity contribution in [1.29, 1.82) is 0 Å². The Bertz CT molecular complexity index is 1280. The molecule has 238 valence electrons. The Morgan fingerprint density at radius 3 is 2.43 bits per heavy atom. The van der Waals surface area contributed by atoms with Crippen molar-refractivity contribution in [1.82, 2.24) is 20.4 Å². The Hall–Kier alpha value is -3.66. The molecule has 1 aromatic rings. The number of nitrogens with zero attached hydrogens (tertiary/aromatic N) is 2. The summed E-state index contributed by atoms with van der Waals surface area (Å²) in [5, 5.41) is 16.7. The van der Waals surface area contributed by atoms with Crippen molar-refractivity contribution in [2.45, 2.75) is 88.8 Å². The normalized spacial score (nSPS) is 24.5. The van der Waals surface area contributed by atoms with Crippen LogP contribution in [-0.2, 0) is 14.4 Å². The average Bonchev–Trinajstić information content (AvgIpc) is 3.07. The van der Waals surface area contributed by atoms with Crippen LogP contribution < -0.4 is 15.4 Å². The number of carbonyl (C=O) groups excluding carboxylic acids is 4. The third kappa shape index (κ3) is 6.55. The second-order valence-electron chi connectivity index (χ2n) is 12.6. The number of ether oxygens (including phenoxy) is 1. The van der Waals surface area contributed by atoms with Gasteiger partial charge in [0.25, 0.3) is 5.91 Å². The zero-order valence-electron chi connectivity index (χ0n) is 25.9. The van der Waals surface area contributed by atoms with Gasteiger partial charge in [-0.25, -0.2) is 0 Å². The fourth-order valence-corrected chi connectivity index (χ4v) is 7.08. The molecule has 1 saturated carbocycles. The van der Waals surface area contributed by atoms with Crippen molar-refractivity contribution in [3.05, 3.63) is 53.8 Å². The predicted molar refractivity (Wildman–Crippen MR) is 165 cm³/mol. The summed E-state index contributed by atoms with van der Waals surface area (Å²) in [6, 6.07) is 6.03. The fourth-order valence-electron chi connectivity index (χ4n) is 7.08. The number of benzene rings is 1. The van der Waals surface area contributed by atoms with Crippen molar-refractivity contribution in [2.24, 2.45) is 11.8 Å². The van der Waals surface area contributed by atoms with Gasteiger partial charge in [0.1, 0.15) is 23.1 Å². The highest BCUT2D eigenvalue weighted by atomic mass is 16.5. The minimum absolute atomic E-state index is 0.0218. The third-order valence-electron chi connectivity index (χ3n) is 9.83. The Morgan fingerprint density at radius 2 is 1.82 bits per heavy atom. The molecular weight excluding hydrogens is 560 g/mol. The number of aliphatic hydroxyl groups is 1. The maximum absolute atomic E-state index is 13.8. The van der Waals surface area contributed by atoms with E-state index in [-0.39, 0.29) is 35.5 Å². The van der Waals surface area contributed by atoms with E-state index < -0.39 is 17.7 Å². The molecule has 4 aliphatic rings. The zero-order valence-corrected chi connectivity index (χ0v) is 25.9. The SMILES string of the molecule is CCCCN1C(=O)[C@@H]([C@H](O)C2CCCCC2)NC(=O)C12CCN(C(=O)c1ccc(OC3=CCC(C(=O)NC)C=C3)cc1)CC2. The van der Waals surface area contributed by atoms with Gasteiger partial charge in [0, 0.05) is 32.2 Å². The quantitative estimate of drug-likeness (QED) is 0.396. The first kappa shape index (κ1) is 31.8. The topological polar surface area (TPSA) is 128 Å². The van der Waals surface area contributed by atoms with E-state index in [0.717, 1.165) is 44.9 Å². The van der Waals surface area contributed by atoms with E-state index >= 15 is 0 Å². The Kier molecular flexibility index (Phi) is 10.1. The number of hydrogen-bond acceptors (Lipinski definition) is 6. The van der Waals surface area contributed by atoms with Crippen LogP contribution in [0, 0.1) is 11.8 Å². The second-order valence-corrected chi connectivity index (χ2v) is 12.6. The number of rotatable bonds is 9. The summed E-state index contributed by atoms with van der Waals surface area (Å²) >= 11 is 0. The van der Waals surface area contributed by atoms with E-state index in [1.165, 1.54) is 0 Å². The van der Waals surface area contributed by atoms with Crippen molar-refractivity contribution in [3.8, 4) is 5.75 Å². The molecule has 2 saturated heterocycles. The largest absolute Gasteiger partial charge is 0.458 e. The van der Waals surface area contributed by atoms with Crippen molar-refractivity contribution >= 4 is 23.6 Å². The van der Waals surface area contributed by atoms with E-state index in [1.54, 1.807) is 47.2 Å². The van der Waals surface area contributed by atoms with Crippen LogP contribution in [0.2, 0.25) is 0 Å². The van der Waals surface area contributed by atoms with Gasteiger partial charge in [-0.05, 0) is 80.9 Å². The molecule has 2 aliphatic carbocycles. The monoisotopic (exact) mass is 606 g/mol. The molecule has 2 aliphatic heterocycles. The van der Waals surface area contributed by atoms with Gasteiger partial charge in [-0.1, -0.05) is 38.7 Å². The fraction of sp³-hybridized carbons (Fsp3) is 0.588. The van der Waals surface area contributed by atoms with Gasteiger partial charge in [-0.2, -0.15) is 0 Å². The predicted octanol–water partition coefficient (Wildman–Crippen LogP) is 3.31. The highest BCUT2D eigenvalue weighted by Crippen LogP contribution is 2.36. The lowest BCUT2D eigenvalue weighted by Crippen LogP contribution is -2.75. The summed E-state index contributed by atoms with van der Waals surface area (Å²) in [5.74, 6) is 0.466. The van der Waals surface area contributed by atoms with Gasteiger partial charge in [-0.3, -0.25) is 19.2 Å². The van der Waals surface area contributed by atoms with E-state index in [1.807, 2.05) is 12.2 Å². The number of unbranched alkanes of at least 4 members (excludes halogenated alkanes) is 1. The molecular formula is C34H46N4O6. The maximum atomic E-state index is 13.8. The smallest absolute Gasteiger partial charge is 0.253 e. The highest BCUT2D eigenvalue weighted by Gasteiger charge is 2.55. The van der Waals surface area contributed by atoms with Crippen molar-refractivity contribution in [2.75, 3.05) is 26.7 Å². The average molecular weight is 607 g/mol. The van der Waals surface area contributed by atoms with Gasteiger partial charge in [0.15, 0.2) is 0 Å². The number of aliphatic hydroxyl groups excluding tert-OH is 1. The second kappa shape index (κ2) is 14.0. The molecule has 1 spiro atoms. The number of allylic oxidation sites excluding steroid dienone is 2. The Balaban J connectivity index is 1.21. The molecule has 2 heterocycles. The van der Waals surface area contributed by atoms with E-state index in [2.05, 4.69) is 17.6 Å². The number of hydrogen-bond donors (Lipinski definition) is 3. The summed E-state index contributed by atoms with van der Waals surface area (Å²) < 4.78 is 5.92. The van der Waals surface area contributed by atoms with E-state index in [4.69, 9.17) is 4.74 Å². The molecule has 0 radical (unpaired) electrons. The summed E-state index contributed by atoms with van der Waals surface area (Å²) in [7, 11) is 1.62. The van der Waals surface area contributed by atoms with Gasteiger partial charge in [0.05, 0.1) is 12.0 Å². The van der Waals surface area contributed by atoms with Crippen LogP contribution in [0.4, 0.5) is 0 Å². The van der Waals surface area contributed by atoms with Crippen LogP contribution in [-0.4, -0.2) is 82.9 Å². The molecule has 0 aromatic heterocycles. The molecule has 1 aromatic carbocycles. The summed E-state index contributed by atoms with van der Waals surface area (Å²) in [5.41, 5.74) is -0.495. The minimum atomic E-state index is -1.01. The number of carbonyl (C=O) groups is 4. The van der Waals surface area contributed by atoms with Crippen molar-refractivity contribution < 1.29 is 29.0 Å². The molecule has 3 atom stereocenters. The number of piperazine rings is 1. The van der Waals surface area contributed by atoms with Gasteiger partial charge < -0.3 is 30.3 Å². The van der Waals surface area contributed by atoms with Crippen molar-refractivity contribution in [3.63, 3.8) is 0 Å². The molecule has 3 fully saturated rings. The molecule has 10 nitrogen and oxygen atoms in total. The third-order valence-corrected chi connectivity index (χ3v) is 9.83. The zero-order chi connectivity index (χ0) is 31.3. The number of piperidine rings is 1. The number of likely N-dealkylation sites (tertiary alicyclic amines) is 1. The summed E-state index contributed by atoms with van der Waals surface area (Å²) in [6.07, 6.45) is 12.5. The van der Waals surface area contributed by atoms with E-state index in [9.17, 15) is 24.3 Å².